The normalized spacial score (nSPS) is 17.6. The molecule has 7 nitrogen and oxygen atoms in total. The van der Waals surface area contributed by atoms with Gasteiger partial charge in [0.1, 0.15) is 35.2 Å². The SMILES string of the molecule is CCN(CC)CCNCC1CCC(c2nc(-c3cccc(OCc4ccccc4)c3)c3c(N)nccn23)CC1. The number of hydrogen-bond acceptors (Lipinski definition) is 6. The van der Waals surface area contributed by atoms with E-state index in [0.717, 1.165) is 85.4 Å². The predicted octanol–water partition coefficient (Wildman–Crippen LogP) is 5.76. The molecule has 0 atom stereocenters. The van der Waals surface area contributed by atoms with Crippen molar-refractivity contribution in [3.8, 4) is 17.0 Å². The summed E-state index contributed by atoms with van der Waals surface area (Å²) in [6, 6.07) is 18.4. The summed E-state index contributed by atoms with van der Waals surface area (Å²) in [5.74, 6) is 3.56. The minimum atomic E-state index is 0.414. The molecule has 0 bridgehead atoms. The molecule has 1 saturated carbocycles. The first kappa shape index (κ1) is 27.2. The van der Waals surface area contributed by atoms with Crippen molar-refractivity contribution >= 4 is 11.3 Å². The van der Waals surface area contributed by atoms with Crippen LogP contribution in [0.2, 0.25) is 0 Å². The van der Waals surface area contributed by atoms with Gasteiger partial charge in [-0.1, -0.05) is 56.3 Å². The second kappa shape index (κ2) is 13.1. The second-order valence-corrected chi connectivity index (χ2v) is 10.6. The van der Waals surface area contributed by atoms with Gasteiger partial charge in [-0.25, -0.2) is 9.97 Å². The molecular formula is C32H42N6O. The van der Waals surface area contributed by atoms with Crippen LogP contribution < -0.4 is 15.8 Å². The zero-order chi connectivity index (χ0) is 27.0. The van der Waals surface area contributed by atoms with Crippen LogP contribution in [0.25, 0.3) is 16.8 Å². The molecule has 1 fully saturated rings. The zero-order valence-electron chi connectivity index (χ0n) is 23.4. The highest BCUT2D eigenvalue weighted by molar-refractivity contribution is 5.85. The number of ether oxygens (including phenoxy) is 1. The lowest BCUT2D eigenvalue weighted by atomic mass is 9.81. The third-order valence-corrected chi connectivity index (χ3v) is 8.11. The minimum Gasteiger partial charge on any atom is -0.489 e. The van der Waals surface area contributed by atoms with Crippen LogP contribution in [0.3, 0.4) is 0 Å². The van der Waals surface area contributed by atoms with E-state index in [9.17, 15) is 0 Å². The Kier molecular flexibility index (Phi) is 9.12. The second-order valence-electron chi connectivity index (χ2n) is 10.6. The lowest BCUT2D eigenvalue weighted by Crippen LogP contribution is -2.34. The summed E-state index contributed by atoms with van der Waals surface area (Å²) in [6.45, 7) is 10.5. The summed E-state index contributed by atoms with van der Waals surface area (Å²) in [6.07, 6.45) is 8.51. The monoisotopic (exact) mass is 526 g/mol. The van der Waals surface area contributed by atoms with Gasteiger partial charge in [-0.05, 0) is 68.9 Å². The Balaban J connectivity index is 1.28. The van der Waals surface area contributed by atoms with Crippen LogP contribution in [-0.4, -0.2) is 52.0 Å². The number of imidazole rings is 1. The van der Waals surface area contributed by atoms with E-state index < -0.39 is 0 Å². The van der Waals surface area contributed by atoms with E-state index in [1.165, 1.54) is 12.8 Å². The van der Waals surface area contributed by atoms with Crippen LogP contribution in [0.1, 0.15) is 56.8 Å². The molecular weight excluding hydrogens is 484 g/mol. The van der Waals surface area contributed by atoms with Gasteiger partial charge in [0.2, 0.25) is 0 Å². The lowest BCUT2D eigenvalue weighted by molar-refractivity contribution is 0.280. The number of nitrogens with one attached hydrogen (secondary N) is 1. The van der Waals surface area contributed by atoms with E-state index in [1.54, 1.807) is 6.20 Å². The number of rotatable bonds is 12. The molecule has 0 spiro atoms. The molecule has 5 rings (SSSR count). The van der Waals surface area contributed by atoms with Crippen LogP contribution in [0.4, 0.5) is 5.82 Å². The third kappa shape index (κ3) is 6.60. The average Bonchev–Trinajstić information content (AvgIpc) is 3.38. The summed E-state index contributed by atoms with van der Waals surface area (Å²) < 4.78 is 8.28. The fourth-order valence-corrected chi connectivity index (χ4v) is 5.76. The Morgan fingerprint density at radius 2 is 1.82 bits per heavy atom. The predicted molar refractivity (Wildman–Crippen MR) is 159 cm³/mol. The molecule has 4 aromatic rings. The first-order chi connectivity index (χ1) is 19.2. The molecule has 1 aliphatic rings. The van der Waals surface area contributed by atoms with Crippen LogP contribution in [-0.2, 0) is 6.61 Å². The van der Waals surface area contributed by atoms with Crippen LogP contribution >= 0.6 is 0 Å². The van der Waals surface area contributed by atoms with Crippen molar-refractivity contribution in [1.82, 2.24) is 24.6 Å². The third-order valence-electron chi connectivity index (χ3n) is 8.11. The molecule has 0 saturated heterocycles. The first-order valence-corrected chi connectivity index (χ1v) is 14.5. The van der Waals surface area contributed by atoms with E-state index in [2.05, 4.69) is 57.7 Å². The summed E-state index contributed by atoms with van der Waals surface area (Å²) >= 11 is 0. The van der Waals surface area contributed by atoms with Crippen LogP contribution in [0.15, 0.2) is 67.0 Å². The smallest absolute Gasteiger partial charge is 0.150 e. The van der Waals surface area contributed by atoms with Crippen molar-refractivity contribution in [3.63, 3.8) is 0 Å². The number of benzene rings is 2. The van der Waals surface area contributed by atoms with E-state index in [4.69, 9.17) is 15.5 Å². The number of anilines is 1. The summed E-state index contributed by atoms with van der Waals surface area (Å²) in [5.41, 5.74) is 10.3. The molecule has 2 heterocycles. The maximum atomic E-state index is 6.43. The molecule has 3 N–H and O–H groups in total. The fourth-order valence-electron chi connectivity index (χ4n) is 5.76. The van der Waals surface area contributed by atoms with E-state index in [1.807, 2.05) is 36.5 Å². The highest BCUT2D eigenvalue weighted by atomic mass is 16.5. The summed E-state index contributed by atoms with van der Waals surface area (Å²) in [5, 5.41) is 3.70. The number of nitrogens with zero attached hydrogens (tertiary/aromatic N) is 4. The number of nitrogens with two attached hydrogens (primary N) is 1. The molecule has 0 radical (unpaired) electrons. The number of nitrogen functional groups attached to an aromatic ring is 1. The van der Waals surface area contributed by atoms with Crippen molar-refractivity contribution in [2.24, 2.45) is 5.92 Å². The topological polar surface area (TPSA) is 80.7 Å². The van der Waals surface area contributed by atoms with Crippen LogP contribution in [0.5, 0.6) is 5.75 Å². The zero-order valence-corrected chi connectivity index (χ0v) is 23.4. The van der Waals surface area contributed by atoms with Gasteiger partial charge in [0.05, 0.1) is 0 Å². The van der Waals surface area contributed by atoms with E-state index in [0.29, 0.717) is 18.3 Å². The maximum absolute atomic E-state index is 6.43. The van der Waals surface area contributed by atoms with Gasteiger partial charge >= 0.3 is 0 Å². The number of likely N-dealkylation sites (N-methyl/N-ethyl adjacent to an activating group) is 1. The van der Waals surface area contributed by atoms with Crippen molar-refractivity contribution in [2.75, 3.05) is 38.5 Å². The standard InChI is InChI=1S/C32H42N6O/c1-3-37(4-2)19-17-34-22-24-13-15-26(16-14-24)32-36-29(30-31(33)35-18-20-38(30)32)27-11-8-12-28(21-27)39-23-25-9-6-5-7-10-25/h5-12,18,20-21,24,26,34H,3-4,13-17,19,22-23H2,1-2H3,(H2,33,35). The number of hydrogen-bond donors (Lipinski definition) is 2. The Morgan fingerprint density at radius 1 is 1.03 bits per heavy atom. The highest BCUT2D eigenvalue weighted by Crippen LogP contribution is 2.38. The van der Waals surface area contributed by atoms with Gasteiger partial charge < -0.3 is 20.7 Å². The highest BCUT2D eigenvalue weighted by Gasteiger charge is 2.27. The lowest BCUT2D eigenvalue weighted by Gasteiger charge is -2.28. The molecule has 39 heavy (non-hydrogen) atoms. The average molecular weight is 527 g/mol. The minimum absolute atomic E-state index is 0.414. The van der Waals surface area contributed by atoms with Crippen LogP contribution in [0, 0.1) is 5.92 Å². The summed E-state index contributed by atoms with van der Waals surface area (Å²) in [4.78, 5) is 12.1. The van der Waals surface area contributed by atoms with Crippen molar-refractivity contribution in [2.45, 2.75) is 52.1 Å². The van der Waals surface area contributed by atoms with Gasteiger partial charge in [0.15, 0.2) is 0 Å². The van der Waals surface area contributed by atoms with E-state index in [-0.39, 0.29) is 0 Å². The molecule has 2 aromatic carbocycles. The molecule has 7 heteroatoms. The molecule has 0 unspecified atom stereocenters. The Hall–Kier alpha value is -3.42. The van der Waals surface area contributed by atoms with Gasteiger partial charge in [-0.2, -0.15) is 0 Å². The van der Waals surface area contributed by atoms with Gasteiger partial charge in [-0.15, -0.1) is 0 Å². The van der Waals surface area contributed by atoms with Crippen molar-refractivity contribution in [1.29, 1.82) is 0 Å². The fraction of sp³-hybridized carbons (Fsp3) is 0.438. The molecule has 1 aliphatic carbocycles. The number of fused-ring (bicyclic) bond motifs is 1. The van der Waals surface area contributed by atoms with Gasteiger partial charge in [0.25, 0.3) is 0 Å². The Bertz CT molecular complexity index is 1330. The molecule has 206 valence electrons. The van der Waals surface area contributed by atoms with Gasteiger partial charge in [0, 0.05) is 37.0 Å². The largest absolute Gasteiger partial charge is 0.489 e. The van der Waals surface area contributed by atoms with Crippen molar-refractivity contribution < 1.29 is 4.74 Å². The van der Waals surface area contributed by atoms with Crippen molar-refractivity contribution in [3.05, 3.63) is 78.4 Å². The molecule has 0 amide bonds. The summed E-state index contributed by atoms with van der Waals surface area (Å²) in [7, 11) is 0. The van der Waals surface area contributed by atoms with Gasteiger partial charge in [-0.3, -0.25) is 4.40 Å². The Morgan fingerprint density at radius 3 is 2.59 bits per heavy atom. The molecule has 0 aliphatic heterocycles. The van der Waals surface area contributed by atoms with E-state index >= 15 is 0 Å². The Labute approximate surface area is 232 Å². The maximum Gasteiger partial charge on any atom is 0.150 e. The first-order valence-electron chi connectivity index (χ1n) is 14.5. The number of aromatic nitrogens is 3. The molecule has 2 aromatic heterocycles. The quantitative estimate of drug-likeness (QED) is 0.228.